The lowest BCUT2D eigenvalue weighted by atomic mass is 9.85. The Labute approximate surface area is 166 Å². The predicted octanol–water partition coefficient (Wildman–Crippen LogP) is 2.19. The first-order chi connectivity index (χ1) is 13.7. The van der Waals surface area contributed by atoms with Crippen LogP contribution in [0.3, 0.4) is 0 Å². The molecular weight excluding hydrogens is 352 g/mol. The lowest BCUT2D eigenvalue weighted by Gasteiger charge is -2.31. The van der Waals surface area contributed by atoms with E-state index in [9.17, 15) is 9.59 Å². The highest BCUT2D eigenvalue weighted by Crippen LogP contribution is 2.30. The number of hydrogen-bond acceptors (Lipinski definition) is 4. The van der Waals surface area contributed by atoms with Gasteiger partial charge in [0, 0.05) is 31.6 Å². The highest BCUT2D eigenvalue weighted by molar-refractivity contribution is 5.80. The van der Waals surface area contributed by atoms with Crippen LogP contribution in [0.5, 0.6) is 0 Å². The van der Waals surface area contributed by atoms with Crippen molar-refractivity contribution in [2.45, 2.75) is 63.7 Å². The van der Waals surface area contributed by atoms with Crippen LogP contribution in [-0.4, -0.2) is 46.8 Å². The smallest absolute Gasteiger partial charge is 0.237 e. The summed E-state index contributed by atoms with van der Waals surface area (Å²) < 4.78 is 0. The molecule has 2 amide bonds. The number of nitriles is 1. The van der Waals surface area contributed by atoms with Crippen molar-refractivity contribution < 1.29 is 9.59 Å². The monoisotopic (exact) mass is 380 g/mol. The normalized spacial score (nSPS) is 26.8. The highest BCUT2D eigenvalue weighted by Gasteiger charge is 2.33. The molecule has 2 heterocycles. The Morgan fingerprint density at radius 1 is 1.07 bits per heavy atom. The summed E-state index contributed by atoms with van der Waals surface area (Å²) in [6.07, 6.45) is 5.30. The van der Waals surface area contributed by atoms with Crippen LogP contribution in [0.15, 0.2) is 24.3 Å². The highest BCUT2D eigenvalue weighted by atomic mass is 16.2. The minimum atomic E-state index is -0.257. The second kappa shape index (κ2) is 8.32. The predicted molar refractivity (Wildman–Crippen MR) is 105 cm³/mol. The van der Waals surface area contributed by atoms with Gasteiger partial charge >= 0.3 is 0 Å². The van der Waals surface area contributed by atoms with E-state index in [2.05, 4.69) is 23.5 Å². The zero-order valence-corrected chi connectivity index (χ0v) is 16.3. The molecule has 0 aromatic heterocycles. The zero-order chi connectivity index (χ0) is 19.5. The fraction of sp³-hybridized carbons (Fsp3) is 0.591. The van der Waals surface area contributed by atoms with E-state index >= 15 is 0 Å². The molecule has 0 unspecified atom stereocenters. The number of likely N-dealkylation sites (tertiary alicyclic amines) is 1. The van der Waals surface area contributed by atoms with E-state index in [4.69, 9.17) is 5.26 Å². The molecule has 1 aromatic rings. The van der Waals surface area contributed by atoms with Gasteiger partial charge in [-0.1, -0.05) is 24.3 Å². The van der Waals surface area contributed by atoms with Crippen molar-refractivity contribution in [3.63, 3.8) is 0 Å². The summed E-state index contributed by atoms with van der Waals surface area (Å²) in [5, 5.41) is 12.5. The van der Waals surface area contributed by atoms with Crippen LogP contribution in [0.25, 0.3) is 0 Å². The van der Waals surface area contributed by atoms with Crippen LogP contribution in [-0.2, 0) is 22.7 Å². The molecule has 1 aromatic carbocycles. The van der Waals surface area contributed by atoms with Crippen molar-refractivity contribution in [2.75, 3.05) is 13.1 Å². The number of nitrogens with zero attached hydrogens (tertiary/aromatic N) is 3. The molecule has 2 aliphatic heterocycles. The van der Waals surface area contributed by atoms with Crippen LogP contribution in [0.2, 0.25) is 0 Å². The molecule has 4 rings (SSSR count). The van der Waals surface area contributed by atoms with E-state index in [0.717, 1.165) is 51.6 Å². The molecule has 2 fully saturated rings. The maximum Gasteiger partial charge on any atom is 0.237 e. The molecule has 1 saturated carbocycles. The van der Waals surface area contributed by atoms with Crippen molar-refractivity contribution in [3.05, 3.63) is 35.4 Å². The van der Waals surface area contributed by atoms with Gasteiger partial charge in [-0.2, -0.15) is 5.26 Å². The van der Waals surface area contributed by atoms with Crippen LogP contribution in [0.1, 0.15) is 49.7 Å². The van der Waals surface area contributed by atoms with Crippen LogP contribution in [0.4, 0.5) is 0 Å². The molecule has 1 saturated heterocycles. The SMILES string of the molecule is N#C[C@@H]1CCCN1C(=O)CNC1CCC(C(=O)N2Cc3ccccc3C2)CC1. The largest absolute Gasteiger partial charge is 0.334 e. The number of amides is 2. The summed E-state index contributed by atoms with van der Waals surface area (Å²) in [5.41, 5.74) is 2.53. The van der Waals surface area contributed by atoms with E-state index in [0.29, 0.717) is 13.1 Å². The molecule has 0 spiro atoms. The minimum absolute atomic E-state index is 0.0251. The fourth-order valence-electron chi connectivity index (χ4n) is 4.82. The van der Waals surface area contributed by atoms with Crippen LogP contribution in [0, 0.1) is 17.2 Å². The average Bonchev–Trinajstić information content (AvgIpc) is 3.38. The molecule has 6 nitrogen and oxygen atoms in total. The number of rotatable bonds is 4. The Balaban J connectivity index is 1.21. The maximum atomic E-state index is 12.9. The van der Waals surface area contributed by atoms with Gasteiger partial charge in [0.2, 0.25) is 11.8 Å². The minimum Gasteiger partial charge on any atom is -0.334 e. The summed E-state index contributed by atoms with van der Waals surface area (Å²) in [4.78, 5) is 29.0. The van der Waals surface area contributed by atoms with Gasteiger partial charge in [-0.3, -0.25) is 9.59 Å². The van der Waals surface area contributed by atoms with Gasteiger partial charge in [-0.05, 0) is 49.7 Å². The van der Waals surface area contributed by atoms with Crippen LogP contribution >= 0.6 is 0 Å². The average molecular weight is 380 g/mol. The van der Waals surface area contributed by atoms with E-state index in [1.165, 1.54) is 11.1 Å². The number of hydrogen-bond donors (Lipinski definition) is 1. The number of nitrogens with one attached hydrogen (secondary N) is 1. The molecule has 148 valence electrons. The van der Waals surface area contributed by atoms with Gasteiger partial charge in [0.25, 0.3) is 0 Å². The summed E-state index contributed by atoms with van der Waals surface area (Å²) in [7, 11) is 0. The van der Waals surface area contributed by atoms with E-state index in [1.807, 2.05) is 17.0 Å². The molecular formula is C22H28N4O2. The van der Waals surface area contributed by atoms with Crippen molar-refractivity contribution in [1.29, 1.82) is 5.26 Å². The second-order valence-corrected chi connectivity index (χ2v) is 8.27. The summed E-state index contributed by atoms with van der Waals surface area (Å²) >= 11 is 0. The van der Waals surface area contributed by atoms with Gasteiger partial charge in [-0.25, -0.2) is 0 Å². The van der Waals surface area contributed by atoms with Crippen molar-refractivity contribution in [1.82, 2.24) is 15.1 Å². The molecule has 1 aliphatic carbocycles. The van der Waals surface area contributed by atoms with Crippen molar-refractivity contribution in [2.24, 2.45) is 5.92 Å². The number of benzene rings is 1. The fourth-order valence-corrected chi connectivity index (χ4v) is 4.82. The third kappa shape index (κ3) is 3.90. The lowest BCUT2D eigenvalue weighted by Crippen LogP contribution is -2.45. The Kier molecular flexibility index (Phi) is 5.63. The van der Waals surface area contributed by atoms with E-state index < -0.39 is 0 Å². The first-order valence-electron chi connectivity index (χ1n) is 10.4. The Bertz CT molecular complexity index is 754. The van der Waals surface area contributed by atoms with Gasteiger partial charge < -0.3 is 15.1 Å². The van der Waals surface area contributed by atoms with Crippen molar-refractivity contribution >= 4 is 11.8 Å². The lowest BCUT2D eigenvalue weighted by molar-refractivity contribution is -0.137. The summed E-state index contributed by atoms with van der Waals surface area (Å²) in [5.74, 6) is 0.404. The van der Waals surface area contributed by atoms with Gasteiger partial charge in [0.05, 0.1) is 12.6 Å². The van der Waals surface area contributed by atoms with E-state index in [-0.39, 0.29) is 29.8 Å². The molecule has 1 atom stereocenters. The Morgan fingerprint density at radius 3 is 2.39 bits per heavy atom. The maximum absolute atomic E-state index is 12.9. The first-order valence-corrected chi connectivity index (χ1v) is 10.4. The third-order valence-electron chi connectivity index (χ3n) is 6.49. The zero-order valence-electron chi connectivity index (χ0n) is 16.3. The molecule has 3 aliphatic rings. The van der Waals surface area contributed by atoms with Gasteiger partial charge in [0.15, 0.2) is 0 Å². The standard InChI is InChI=1S/C22H28N4O2/c23-12-20-6-3-11-26(20)21(27)13-24-19-9-7-16(8-10-19)22(28)25-14-17-4-1-2-5-18(17)15-25/h1-2,4-5,16,19-20,24H,3,6-11,13-15H2/t16?,19?,20-/m0/s1. The van der Waals surface area contributed by atoms with Gasteiger partial charge in [-0.15, -0.1) is 0 Å². The molecule has 6 heteroatoms. The van der Waals surface area contributed by atoms with E-state index in [1.54, 1.807) is 4.90 Å². The van der Waals surface area contributed by atoms with Gasteiger partial charge in [0.1, 0.15) is 6.04 Å². The first kappa shape index (κ1) is 18.9. The Morgan fingerprint density at radius 2 is 1.75 bits per heavy atom. The molecule has 0 radical (unpaired) electrons. The van der Waals surface area contributed by atoms with Crippen molar-refractivity contribution in [3.8, 4) is 6.07 Å². The number of carbonyl (C=O) groups excluding carboxylic acids is 2. The topological polar surface area (TPSA) is 76.4 Å². The third-order valence-corrected chi connectivity index (χ3v) is 6.49. The second-order valence-electron chi connectivity index (χ2n) is 8.27. The van der Waals surface area contributed by atoms with Crippen LogP contribution < -0.4 is 5.32 Å². The molecule has 28 heavy (non-hydrogen) atoms. The molecule has 1 N–H and O–H groups in total. The number of carbonyl (C=O) groups is 2. The molecule has 0 bridgehead atoms. The summed E-state index contributed by atoms with van der Waals surface area (Å²) in [6, 6.07) is 10.5. The number of fused-ring (bicyclic) bond motifs is 1. The Hall–Kier alpha value is -2.39. The quantitative estimate of drug-likeness (QED) is 0.869. The summed E-state index contributed by atoms with van der Waals surface area (Å²) in [6.45, 7) is 2.45.